The summed E-state index contributed by atoms with van der Waals surface area (Å²) in [5, 5.41) is 2.66. The number of rotatable bonds is 3. The number of ether oxygens (including phenoxy) is 1. The minimum absolute atomic E-state index is 0.115. The second-order valence-corrected chi connectivity index (χ2v) is 8.25. The number of thiophene rings is 1. The summed E-state index contributed by atoms with van der Waals surface area (Å²) in [5.74, 6) is 0.215. The Balaban J connectivity index is 1.88. The zero-order chi connectivity index (χ0) is 15.9. The Hall–Kier alpha value is -1.77. The topological polar surface area (TPSA) is 84.5 Å². The van der Waals surface area contributed by atoms with Crippen molar-refractivity contribution in [2.45, 2.75) is 17.2 Å². The van der Waals surface area contributed by atoms with E-state index < -0.39 is 16.1 Å². The number of fused-ring (bicyclic) bond motifs is 1. The molecule has 1 atom stereocenters. The Morgan fingerprint density at radius 3 is 2.77 bits per heavy atom. The van der Waals surface area contributed by atoms with Crippen molar-refractivity contribution in [3.63, 3.8) is 0 Å². The van der Waals surface area contributed by atoms with Crippen LogP contribution in [0.1, 0.15) is 6.92 Å². The van der Waals surface area contributed by atoms with E-state index >= 15 is 0 Å². The summed E-state index contributed by atoms with van der Waals surface area (Å²) in [7, 11) is -3.71. The molecule has 1 aromatic heterocycles. The van der Waals surface area contributed by atoms with Crippen LogP contribution in [0.3, 0.4) is 0 Å². The van der Waals surface area contributed by atoms with Gasteiger partial charge in [-0.2, -0.15) is 0 Å². The lowest BCUT2D eigenvalue weighted by atomic mass is 10.2. The van der Waals surface area contributed by atoms with Crippen LogP contribution < -0.4 is 14.8 Å². The molecule has 1 amide bonds. The van der Waals surface area contributed by atoms with Crippen LogP contribution in [0.4, 0.5) is 11.4 Å². The number of halogens is 1. The SMILES string of the molecule is CC1Oc2ccc(NS(=O)(=O)c3ccc(Cl)s3)cc2NC1=O. The van der Waals surface area contributed by atoms with Crippen LogP contribution in [0.25, 0.3) is 0 Å². The summed E-state index contributed by atoms with van der Waals surface area (Å²) in [4.78, 5) is 11.6. The normalized spacial score (nSPS) is 17.4. The van der Waals surface area contributed by atoms with E-state index in [-0.39, 0.29) is 10.1 Å². The van der Waals surface area contributed by atoms with Gasteiger partial charge in [-0.3, -0.25) is 9.52 Å². The first kappa shape index (κ1) is 15.1. The summed E-state index contributed by atoms with van der Waals surface area (Å²) in [6.45, 7) is 1.63. The highest BCUT2D eigenvalue weighted by molar-refractivity contribution is 7.94. The van der Waals surface area contributed by atoms with E-state index in [1.54, 1.807) is 19.1 Å². The van der Waals surface area contributed by atoms with Gasteiger partial charge in [0, 0.05) is 0 Å². The van der Waals surface area contributed by atoms with Crippen molar-refractivity contribution in [3.8, 4) is 5.75 Å². The van der Waals surface area contributed by atoms with E-state index in [1.165, 1.54) is 18.2 Å². The summed E-state index contributed by atoms with van der Waals surface area (Å²) in [5.41, 5.74) is 0.745. The molecule has 1 aromatic carbocycles. The van der Waals surface area contributed by atoms with Crippen molar-refractivity contribution >= 4 is 50.2 Å². The Bertz CT molecular complexity index is 847. The number of carbonyl (C=O) groups is 1. The van der Waals surface area contributed by atoms with E-state index in [9.17, 15) is 13.2 Å². The predicted molar refractivity (Wildman–Crippen MR) is 85.3 cm³/mol. The highest BCUT2D eigenvalue weighted by Gasteiger charge is 2.24. The first-order valence-corrected chi connectivity index (χ1v) is 8.93. The van der Waals surface area contributed by atoms with Crippen LogP contribution in [0.2, 0.25) is 4.34 Å². The van der Waals surface area contributed by atoms with Gasteiger partial charge in [0.05, 0.1) is 15.7 Å². The Kier molecular flexibility index (Phi) is 3.75. The van der Waals surface area contributed by atoms with E-state index in [0.717, 1.165) is 11.3 Å². The molecule has 2 heterocycles. The number of amides is 1. The third-order valence-electron chi connectivity index (χ3n) is 2.98. The molecule has 0 saturated carbocycles. The van der Waals surface area contributed by atoms with E-state index in [1.807, 2.05) is 0 Å². The van der Waals surface area contributed by atoms with Crippen LogP contribution in [0, 0.1) is 0 Å². The average molecular weight is 359 g/mol. The van der Waals surface area contributed by atoms with E-state index in [0.29, 0.717) is 21.5 Å². The number of hydrogen-bond donors (Lipinski definition) is 2. The Morgan fingerprint density at radius 1 is 1.32 bits per heavy atom. The number of hydrogen-bond acceptors (Lipinski definition) is 5. The summed E-state index contributed by atoms with van der Waals surface area (Å²) in [6, 6.07) is 7.62. The number of nitrogens with one attached hydrogen (secondary N) is 2. The third kappa shape index (κ3) is 2.90. The van der Waals surface area contributed by atoms with Crippen LogP contribution in [0.15, 0.2) is 34.5 Å². The molecule has 0 bridgehead atoms. The fourth-order valence-corrected chi connectivity index (χ4v) is 4.45. The van der Waals surface area contributed by atoms with Crippen molar-refractivity contribution in [1.82, 2.24) is 0 Å². The first-order valence-electron chi connectivity index (χ1n) is 6.25. The van der Waals surface area contributed by atoms with Gasteiger partial charge in [0.1, 0.15) is 9.96 Å². The lowest BCUT2D eigenvalue weighted by Gasteiger charge is -2.23. The summed E-state index contributed by atoms with van der Waals surface area (Å²) in [6.07, 6.45) is -0.580. The number of benzene rings is 1. The highest BCUT2D eigenvalue weighted by atomic mass is 35.5. The van der Waals surface area contributed by atoms with Gasteiger partial charge in [0.2, 0.25) is 0 Å². The van der Waals surface area contributed by atoms with Crippen LogP contribution in [-0.4, -0.2) is 20.4 Å². The lowest BCUT2D eigenvalue weighted by Crippen LogP contribution is -2.34. The van der Waals surface area contributed by atoms with Gasteiger partial charge >= 0.3 is 0 Å². The maximum absolute atomic E-state index is 12.2. The fourth-order valence-electron chi connectivity index (χ4n) is 1.92. The minimum atomic E-state index is -3.71. The van der Waals surface area contributed by atoms with Gasteiger partial charge in [-0.1, -0.05) is 11.6 Å². The molecule has 1 unspecified atom stereocenters. The maximum atomic E-state index is 12.2. The van der Waals surface area contributed by atoms with E-state index in [2.05, 4.69) is 10.0 Å². The smallest absolute Gasteiger partial charge is 0.271 e. The van der Waals surface area contributed by atoms with Gasteiger partial charge in [-0.05, 0) is 37.3 Å². The predicted octanol–water partition coefficient (Wildman–Crippen LogP) is 2.92. The zero-order valence-electron chi connectivity index (χ0n) is 11.3. The number of sulfonamides is 1. The molecule has 0 radical (unpaired) electrons. The van der Waals surface area contributed by atoms with Crippen LogP contribution in [0.5, 0.6) is 5.75 Å². The molecule has 116 valence electrons. The van der Waals surface area contributed by atoms with Gasteiger partial charge in [-0.15, -0.1) is 11.3 Å². The maximum Gasteiger partial charge on any atom is 0.271 e. The zero-order valence-corrected chi connectivity index (χ0v) is 13.7. The van der Waals surface area contributed by atoms with Crippen molar-refractivity contribution in [2.24, 2.45) is 0 Å². The second kappa shape index (κ2) is 5.45. The molecule has 9 heteroatoms. The molecule has 3 rings (SSSR count). The molecule has 0 aliphatic carbocycles. The van der Waals surface area contributed by atoms with Crippen molar-refractivity contribution in [2.75, 3.05) is 10.0 Å². The third-order valence-corrected chi connectivity index (χ3v) is 6.08. The fraction of sp³-hybridized carbons (Fsp3) is 0.154. The van der Waals surface area contributed by atoms with Gasteiger partial charge in [0.15, 0.2) is 6.10 Å². The summed E-state index contributed by atoms with van der Waals surface area (Å²) >= 11 is 6.72. The molecule has 0 spiro atoms. The van der Waals surface area contributed by atoms with Crippen molar-refractivity contribution in [3.05, 3.63) is 34.7 Å². The highest BCUT2D eigenvalue weighted by Crippen LogP contribution is 2.33. The average Bonchev–Trinajstić information content (AvgIpc) is 2.88. The van der Waals surface area contributed by atoms with Gasteiger partial charge < -0.3 is 10.1 Å². The number of carbonyl (C=O) groups excluding carboxylic acids is 1. The molecule has 0 fully saturated rings. The lowest BCUT2D eigenvalue weighted by molar-refractivity contribution is -0.122. The quantitative estimate of drug-likeness (QED) is 0.883. The molecule has 1 aliphatic heterocycles. The molecule has 22 heavy (non-hydrogen) atoms. The molecule has 2 N–H and O–H groups in total. The van der Waals surface area contributed by atoms with Crippen molar-refractivity contribution < 1.29 is 17.9 Å². The molecule has 0 saturated heterocycles. The Morgan fingerprint density at radius 2 is 2.09 bits per heavy atom. The molecular formula is C13H11ClN2O4S2. The van der Waals surface area contributed by atoms with Crippen molar-refractivity contribution in [1.29, 1.82) is 0 Å². The second-order valence-electron chi connectivity index (χ2n) is 4.62. The Labute approximate surface area is 136 Å². The van der Waals surface area contributed by atoms with Crippen LogP contribution >= 0.6 is 22.9 Å². The molecular weight excluding hydrogens is 348 g/mol. The summed E-state index contributed by atoms with van der Waals surface area (Å²) < 4.78 is 32.8. The monoisotopic (exact) mass is 358 g/mol. The van der Waals surface area contributed by atoms with E-state index in [4.69, 9.17) is 16.3 Å². The van der Waals surface area contributed by atoms with Gasteiger partial charge in [-0.25, -0.2) is 8.42 Å². The molecule has 1 aliphatic rings. The first-order chi connectivity index (χ1) is 10.3. The molecule has 2 aromatic rings. The largest absolute Gasteiger partial charge is 0.479 e. The minimum Gasteiger partial charge on any atom is -0.479 e. The standard InChI is InChI=1S/C13H11ClN2O4S2/c1-7-13(17)15-9-6-8(2-3-10(9)20-7)16-22(18,19)12-5-4-11(14)21-12/h2-7,16H,1H3,(H,15,17). The van der Waals surface area contributed by atoms with Gasteiger partial charge in [0.25, 0.3) is 15.9 Å². The number of anilines is 2. The van der Waals surface area contributed by atoms with Crippen LogP contribution in [-0.2, 0) is 14.8 Å². The molecule has 6 nitrogen and oxygen atoms in total.